The van der Waals surface area contributed by atoms with Crippen molar-refractivity contribution in [2.75, 3.05) is 26.7 Å². The van der Waals surface area contributed by atoms with Crippen LogP contribution in [0.3, 0.4) is 0 Å². The molecule has 7 heteroatoms. The molecule has 1 aliphatic heterocycles. The number of urea groups is 1. The molecular formula is C18H29ClN4O2. The first-order valence-electron chi connectivity index (χ1n) is 8.55. The van der Waals surface area contributed by atoms with Crippen molar-refractivity contribution in [1.29, 1.82) is 0 Å². The molecule has 0 radical (unpaired) electrons. The van der Waals surface area contributed by atoms with Gasteiger partial charge in [0.05, 0.1) is 12.5 Å². The van der Waals surface area contributed by atoms with Gasteiger partial charge in [0.25, 0.3) is 0 Å². The van der Waals surface area contributed by atoms with Crippen molar-refractivity contribution < 1.29 is 9.59 Å². The first-order valence-corrected chi connectivity index (χ1v) is 8.55. The summed E-state index contributed by atoms with van der Waals surface area (Å²) in [5, 5.41) is 5.91. The van der Waals surface area contributed by atoms with Crippen molar-refractivity contribution in [1.82, 2.24) is 15.5 Å². The molecular weight excluding hydrogens is 340 g/mol. The van der Waals surface area contributed by atoms with E-state index in [1.165, 1.54) is 0 Å². The second-order valence-electron chi connectivity index (χ2n) is 6.53. The zero-order valence-electron chi connectivity index (χ0n) is 15.0. The molecule has 1 heterocycles. The molecule has 25 heavy (non-hydrogen) atoms. The van der Waals surface area contributed by atoms with Crippen LogP contribution in [0.5, 0.6) is 0 Å². The Hall–Kier alpha value is -1.79. The minimum absolute atomic E-state index is 0. The largest absolute Gasteiger partial charge is 0.352 e. The van der Waals surface area contributed by atoms with Gasteiger partial charge >= 0.3 is 6.03 Å². The number of carbonyl (C=O) groups is 2. The summed E-state index contributed by atoms with van der Waals surface area (Å²) in [5.74, 6) is 0.562. The van der Waals surface area contributed by atoms with E-state index < -0.39 is 6.03 Å². The van der Waals surface area contributed by atoms with Crippen molar-refractivity contribution in [3.63, 3.8) is 0 Å². The Morgan fingerprint density at radius 2 is 2.08 bits per heavy atom. The van der Waals surface area contributed by atoms with Gasteiger partial charge in [-0.05, 0) is 50.4 Å². The van der Waals surface area contributed by atoms with Crippen LogP contribution in [0.4, 0.5) is 4.79 Å². The molecule has 2 rings (SSSR count). The van der Waals surface area contributed by atoms with E-state index in [0.29, 0.717) is 5.92 Å². The maximum absolute atomic E-state index is 12.7. The molecule has 140 valence electrons. The SMILES string of the molecule is CNCC1CCCN(C(=O)CC(NC(N)=O)c2ccccc2C)C1.Cl. The van der Waals surface area contributed by atoms with Gasteiger partial charge in [-0.3, -0.25) is 4.79 Å². The third kappa shape index (κ3) is 6.21. The predicted molar refractivity (Wildman–Crippen MR) is 102 cm³/mol. The van der Waals surface area contributed by atoms with Crippen LogP contribution in [0.15, 0.2) is 24.3 Å². The molecule has 1 aromatic rings. The predicted octanol–water partition coefficient (Wildman–Crippen LogP) is 1.97. The lowest BCUT2D eigenvalue weighted by atomic mass is 9.95. The molecule has 1 saturated heterocycles. The van der Waals surface area contributed by atoms with Gasteiger partial charge < -0.3 is 21.3 Å². The van der Waals surface area contributed by atoms with E-state index >= 15 is 0 Å². The molecule has 3 amide bonds. The summed E-state index contributed by atoms with van der Waals surface area (Å²) >= 11 is 0. The van der Waals surface area contributed by atoms with Crippen LogP contribution in [-0.4, -0.2) is 43.5 Å². The molecule has 0 aliphatic carbocycles. The lowest BCUT2D eigenvalue weighted by Gasteiger charge is -2.34. The van der Waals surface area contributed by atoms with E-state index in [2.05, 4.69) is 10.6 Å². The van der Waals surface area contributed by atoms with E-state index in [1.54, 1.807) is 0 Å². The number of halogens is 1. The summed E-state index contributed by atoms with van der Waals surface area (Å²) in [6, 6.07) is 6.76. The molecule has 2 unspecified atom stereocenters. The van der Waals surface area contributed by atoms with Gasteiger partial charge in [0.2, 0.25) is 5.91 Å². The fraction of sp³-hybridized carbons (Fsp3) is 0.556. The van der Waals surface area contributed by atoms with Crippen LogP contribution >= 0.6 is 12.4 Å². The maximum atomic E-state index is 12.7. The number of rotatable bonds is 6. The summed E-state index contributed by atoms with van der Waals surface area (Å²) in [4.78, 5) is 26.0. The normalized spacial score (nSPS) is 18.2. The summed E-state index contributed by atoms with van der Waals surface area (Å²) in [6.07, 6.45) is 2.40. The number of carbonyl (C=O) groups excluding carboxylic acids is 2. The number of piperidine rings is 1. The van der Waals surface area contributed by atoms with Crippen molar-refractivity contribution in [3.05, 3.63) is 35.4 Å². The highest BCUT2D eigenvalue weighted by Crippen LogP contribution is 2.23. The van der Waals surface area contributed by atoms with Gasteiger partial charge in [-0.1, -0.05) is 24.3 Å². The Bertz CT molecular complexity index is 580. The molecule has 6 nitrogen and oxygen atoms in total. The topological polar surface area (TPSA) is 87.5 Å². The number of likely N-dealkylation sites (tertiary alicyclic amines) is 1. The van der Waals surface area contributed by atoms with Crippen LogP contribution in [0.2, 0.25) is 0 Å². The third-order valence-corrected chi connectivity index (χ3v) is 4.62. The smallest absolute Gasteiger partial charge is 0.312 e. The summed E-state index contributed by atoms with van der Waals surface area (Å²) in [7, 11) is 1.94. The lowest BCUT2D eigenvalue weighted by molar-refractivity contribution is -0.133. The second kappa shape index (κ2) is 10.3. The fourth-order valence-corrected chi connectivity index (χ4v) is 3.44. The minimum Gasteiger partial charge on any atom is -0.352 e. The Kier molecular flexibility index (Phi) is 8.72. The minimum atomic E-state index is -0.609. The van der Waals surface area contributed by atoms with Crippen LogP contribution in [0, 0.1) is 12.8 Å². The lowest BCUT2D eigenvalue weighted by Crippen LogP contribution is -2.44. The third-order valence-electron chi connectivity index (χ3n) is 4.62. The Balaban J connectivity index is 0.00000312. The molecule has 0 bridgehead atoms. The Morgan fingerprint density at radius 1 is 1.36 bits per heavy atom. The number of hydrogen-bond donors (Lipinski definition) is 3. The molecule has 2 atom stereocenters. The molecule has 1 aromatic carbocycles. The summed E-state index contributed by atoms with van der Waals surface area (Å²) in [6.45, 7) is 4.46. The van der Waals surface area contributed by atoms with Crippen molar-refractivity contribution in [3.8, 4) is 0 Å². The van der Waals surface area contributed by atoms with Gasteiger partial charge in [-0.2, -0.15) is 0 Å². The van der Waals surface area contributed by atoms with E-state index in [-0.39, 0.29) is 30.8 Å². The van der Waals surface area contributed by atoms with Gasteiger partial charge in [-0.25, -0.2) is 4.79 Å². The van der Waals surface area contributed by atoms with E-state index in [9.17, 15) is 9.59 Å². The van der Waals surface area contributed by atoms with Crippen LogP contribution < -0.4 is 16.4 Å². The van der Waals surface area contributed by atoms with Crippen LogP contribution in [0.25, 0.3) is 0 Å². The van der Waals surface area contributed by atoms with Gasteiger partial charge in [0, 0.05) is 13.1 Å². The van der Waals surface area contributed by atoms with Crippen LogP contribution in [0.1, 0.15) is 36.4 Å². The maximum Gasteiger partial charge on any atom is 0.312 e. The fourth-order valence-electron chi connectivity index (χ4n) is 3.44. The number of aryl methyl sites for hydroxylation is 1. The average Bonchev–Trinajstić information content (AvgIpc) is 2.55. The number of primary amides is 1. The number of nitrogens with zero attached hydrogens (tertiary/aromatic N) is 1. The van der Waals surface area contributed by atoms with Crippen molar-refractivity contribution in [2.24, 2.45) is 11.7 Å². The van der Waals surface area contributed by atoms with Crippen molar-refractivity contribution in [2.45, 2.75) is 32.2 Å². The number of nitrogens with two attached hydrogens (primary N) is 1. The Morgan fingerprint density at radius 3 is 2.72 bits per heavy atom. The first kappa shape index (κ1) is 21.3. The van der Waals surface area contributed by atoms with Crippen molar-refractivity contribution >= 4 is 24.3 Å². The Labute approximate surface area is 155 Å². The summed E-state index contributed by atoms with van der Waals surface area (Å²) < 4.78 is 0. The van der Waals surface area contributed by atoms with E-state index in [1.807, 2.05) is 43.1 Å². The second-order valence-corrected chi connectivity index (χ2v) is 6.53. The highest BCUT2D eigenvalue weighted by Gasteiger charge is 2.26. The number of benzene rings is 1. The van der Waals surface area contributed by atoms with Crippen LogP contribution in [-0.2, 0) is 4.79 Å². The number of nitrogens with one attached hydrogen (secondary N) is 2. The number of hydrogen-bond acceptors (Lipinski definition) is 3. The van der Waals surface area contributed by atoms with E-state index in [0.717, 1.165) is 43.6 Å². The highest BCUT2D eigenvalue weighted by molar-refractivity contribution is 5.85. The first-order chi connectivity index (χ1) is 11.5. The number of amides is 3. The summed E-state index contributed by atoms with van der Waals surface area (Å²) in [5.41, 5.74) is 7.29. The van der Waals surface area contributed by atoms with E-state index in [4.69, 9.17) is 5.73 Å². The van der Waals surface area contributed by atoms with Gasteiger partial charge in [-0.15, -0.1) is 12.4 Å². The molecule has 0 aromatic heterocycles. The zero-order valence-corrected chi connectivity index (χ0v) is 15.8. The highest BCUT2D eigenvalue weighted by atomic mass is 35.5. The average molecular weight is 369 g/mol. The molecule has 0 spiro atoms. The van der Waals surface area contributed by atoms with Gasteiger partial charge in [0.15, 0.2) is 0 Å². The molecule has 1 aliphatic rings. The standard InChI is InChI=1S/C18H28N4O2.ClH/c1-13-6-3-4-8-15(13)16(21-18(19)24)10-17(23)22-9-5-7-14(12-22)11-20-2;/h3-4,6,8,14,16,20H,5,7,9-12H2,1-2H3,(H3,19,21,24);1H. The molecule has 4 N–H and O–H groups in total. The molecule has 1 fully saturated rings. The quantitative estimate of drug-likeness (QED) is 0.717. The van der Waals surface area contributed by atoms with Gasteiger partial charge in [0.1, 0.15) is 0 Å². The zero-order chi connectivity index (χ0) is 17.5. The molecule has 0 saturated carbocycles. The monoisotopic (exact) mass is 368 g/mol.